The molecule has 1 aromatic heterocycles. The van der Waals surface area contributed by atoms with E-state index in [4.69, 9.17) is 9.26 Å². The molecule has 0 saturated heterocycles. The van der Waals surface area contributed by atoms with Crippen LogP contribution in [0.3, 0.4) is 0 Å². The second-order valence-electron chi connectivity index (χ2n) is 8.06. The highest BCUT2D eigenvalue weighted by Gasteiger charge is 2.26. The molecule has 0 saturated carbocycles. The Balaban J connectivity index is 1.68. The Bertz CT molecular complexity index is 1340. The molecule has 2 aromatic carbocycles. The smallest absolute Gasteiger partial charge is 0.258 e. The van der Waals surface area contributed by atoms with Gasteiger partial charge in [-0.2, -0.15) is 10.2 Å². The molecule has 33 heavy (non-hydrogen) atoms. The van der Waals surface area contributed by atoms with Crippen LogP contribution in [0.4, 0.5) is 0 Å². The maximum absolute atomic E-state index is 12.0. The number of rotatable bonds is 7. The molecule has 0 amide bonds. The van der Waals surface area contributed by atoms with E-state index in [2.05, 4.69) is 27.5 Å². The summed E-state index contributed by atoms with van der Waals surface area (Å²) >= 11 is 0. The number of hydrogen-bond acceptors (Lipinski definition) is 7. The molecular weight excluding hydrogens is 440 g/mol. The molecular formula is C24H24N4O4S. The topological polar surface area (TPSA) is 118 Å². The lowest BCUT2D eigenvalue weighted by Crippen LogP contribution is -2.29. The number of nitrogens with zero attached hydrogens (tertiary/aromatic N) is 3. The Labute approximate surface area is 193 Å². The third-order valence-electron chi connectivity index (χ3n) is 5.41. The second-order valence-corrected chi connectivity index (χ2v) is 9.72. The first-order valence-corrected chi connectivity index (χ1v) is 12.2. The second kappa shape index (κ2) is 9.17. The van der Waals surface area contributed by atoms with Crippen LogP contribution in [-0.2, 0) is 16.4 Å². The average Bonchev–Trinajstić information content (AvgIpc) is 3.29. The molecule has 8 nitrogen and oxygen atoms in total. The Morgan fingerprint density at radius 1 is 1.33 bits per heavy atom. The van der Waals surface area contributed by atoms with Crippen molar-refractivity contribution in [3.63, 3.8) is 0 Å². The summed E-state index contributed by atoms with van der Waals surface area (Å²) in [6.45, 7) is 7.16. The van der Waals surface area contributed by atoms with Crippen LogP contribution in [0.15, 0.2) is 52.9 Å². The summed E-state index contributed by atoms with van der Waals surface area (Å²) in [4.78, 5) is 4.56. The monoisotopic (exact) mass is 464 g/mol. The van der Waals surface area contributed by atoms with Gasteiger partial charge in [0.1, 0.15) is 11.8 Å². The van der Waals surface area contributed by atoms with Gasteiger partial charge in [-0.05, 0) is 62.4 Å². The number of hydrogen-bond donors (Lipinski definition) is 1. The predicted molar refractivity (Wildman–Crippen MR) is 124 cm³/mol. The highest BCUT2D eigenvalue weighted by molar-refractivity contribution is 7.92. The highest BCUT2D eigenvalue weighted by Crippen LogP contribution is 2.36. The van der Waals surface area contributed by atoms with Gasteiger partial charge in [0, 0.05) is 22.6 Å². The lowest BCUT2D eigenvalue weighted by Gasteiger charge is -2.27. The molecule has 0 bridgehead atoms. The van der Waals surface area contributed by atoms with Crippen molar-refractivity contribution in [1.29, 1.82) is 5.26 Å². The van der Waals surface area contributed by atoms with Gasteiger partial charge in [0.25, 0.3) is 5.89 Å². The number of fused-ring (bicyclic) bond motifs is 1. The largest absolute Gasteiger partial charge is 0.490 e. The summed E-state index contributed by atoms with van der Waals surface area (Å²) in [6.07, 6.45) is 2.24. The van der Waals surface area contributed by atoms with Gasteiger partial charge in [-0.25, -0.2) is 13.1 Å². The van der Waals surface area contributed by atoms with Crippen molar-refractivity contribution in [2.45, 2.75) is 45.3 Å². The van der Waals surface area contributed by atoms with Crippen molar-refractivity contribution in [2.75, 3.05) is 0 Å². The van der Waals surface area contributed by atoms with Gasteiger partial charge >= 0.3 is 0 Å². The first-order chi connectivity index (χ1) is 15.8. The van der Waals surface area contributed by atoms with Gasteiger partial charge in [0.2, 0.25) is 15.8 Å². The van der Waals surface area contributed by atoms with Crippen LogP contribution >= 0.6 is 0 Å². The minimum Gasteiger partial charge on any atom is -0.490 e. The van der Waals surface area contributed by atoms with Gasteiger partial charge in [0.15, 0.2) is 0 Å². The number of aromatic nitrogens is 2. The SMILES string of the molecule is C=CS(=O)(=O)N[C@@H]1CCCc2c(-c3noc(-c4ccc(OC(C)C)c(C#N)c4)n3)cccc21. The van der Waals surface area contributed by atoms with Crippen LogP contribution in [0.1, 0.15) is 49.4 Å². The van der Waals surface area contributed by atoms with Crippen LogP contribution in [0.5, 0.6) is 5.75 Å². The first kappa shape index (κ1) is 22.7. The Morgan fingerprint density at radius 2 is 2.15 bits per heavy atom. The molecule has 0 radical (unpaired) electrons. The molecule has 170 valence electrons. The molecule has 4 rings (SSSR count). The molecule has 0 aliphatic heterocycles. The number of nitriles is 1. The standard InChI is InChI=1S/C24H24N4O4S/c1-4-33(29,30)28-21-10-6-7-18-19(21)8-5-9-20(18)23-26-24(32-27-23)16-11-12-22(31-15(2)3)17(13-16)14-25/h4-5,8-9,11-13,15,21,28H,1,6-7,10H2,2-3H3/t21-/m1/s1. The summed E-state index contributed by atoms with van der Waals surface area (Å²) < 4.78 is 37.9. The third-order valence-corrected chi connectivity index (χ3v) is 6.46. The fraction of sp³-hybridized carbons (Fsp3) is 0.292. The molecule has 1 heterocycles. The van der Waals surface area contributed by atoms with Crippen LogP contribution in [0.25, 0.3) is 22.8 Å². The molecule has 1 aliphatic carbocycles. The van der Waals surface area contributed by atoms with Crippen LogP contribution in [0, 0.1) is 11.3 Å². The fourth-order valence-corrected chi connectivity index (χ4v) is 4.72. The van der Waals surface area contributed by atoms with Crippen molar-refractivity contribution >= 4 is 10.0 Å². The highest BCUT2D eigenvalue weighted by atomic mass is 32.2. The number of ether oxygens (including phenoxy) is 1. The van der Waals surface area contributed by atoms with E-state index in [1.807, 2.05) is 32.0 Å². The Hall–Kier alpha value is -3.48. The van der Waals surface area contributed by atoms with Crippen molar-refractivity contribution in [3.05, 3.63) is 65.1 Å². The molecule has 9 heteroatoms. The van der Waals surface area contributed by atoms with Gasteiger partial charge < -0.3 is 9.26 Å². The fourth-order valence-electron chi connectivity index (χ4n) is 3.98. The van der Waals surface area contributed by atoms with Crippen molar-refractivity contribution in [2.24, 2.45) is 0 Å². The minimum absolute atomic E-state index is 0.0537. The van der Waals surface area contributed by atoms with E-state index in [0.717, 1.165) is 34.9 Å². The number of benzene rings is 2. The number of sulfonamides is 1. The van der Waals surface area contributed by atoms with Gasteiger partial charge in [-0.15, -0.1) is 0 Å². The Kier molecular flexibility index (Phi) is 6.31. The van der Waals surface area contributed by atoms with Crippen LogP contribution in [0.2, 0.25) is 0 Å². The van der Waals surface area contributed by atoms with Gasteiger partial charge in [-0.3, -0.25) is 0 Å². The summed E-state index contributed by atoms with van der Waals surface area (Å²) in [6, 6.07) is 12.6. The molecule has 0 fully saturated rings. The van der Waals surface area contributed by atoms with E-state index >= 15 is 0 Å². The molecule has 3 aromatic rings. The molecule has 0 spiro atoms. The molecule has 1 aliphatic rings. The van der Waals surface area contributed by atoms with E-state index in [9.17, 15) is 13.7 Å². The Morgan fingerprint density at radius 3 is 2.88 bits per heavy atom. The van der Waals surface area contributed by atoms with E-state index < -0.39 is 10.0 Å². The number of nitrogens with one attached hydrogen (secondary N) is 1. The summed E-state index contributed by atoms with van der Waals surface area (Å²) in [5.74, 6) is 1.20. The molecule has 1 atom stereocenters. The summed E-state index contributed by atoms with van der Waals surface area (Å²) in [7, 11) is -3.56. The van der Waals surface area contributed by atoms with E-state index in [1.165, 1.54) is 0 Å². The summed E-state index contributed by atoms with van der Waals surface area (Å²) in [5, 5.41) is 14.6. The van der Waals surface area contributed by atoms with Crippen molar-refractivity contribution in [1.82, 2.24) is 14.9 Å². The van der Waals surface area contributed by atoms with Crippen LogP contribution in [-0.4, -0.2) is 24.7 Å². The van der Waals surface area contributed by atoms with E-state index in [-0.39, 0.29) is 18.0 Å². The zero-order chi connectivity index (χ0) is 23.6. The normalized spacial score (nSPS) is 15.6. The third kappa shape index (κ3) is 4.82. The van der Waals surface area contributed by atoms with Gasteiger partial charge in [0.05, 0.1) is 11.7 Å². The summed E-state index contributed by atoms with van der Waals surface area (Å²) in [5.41, 5.74) is 3.69. The molecule has 1 N–H and O–H groups in total. The zero-order valence-electron chi connectivity index (χ0n) is 18.4. The lowest BCUT2D eigenvalue weighted by molar-refractivity contribution is 0.241. The first-order valence-electron chi connectivity index (χ1n) is 10.6. The predicted octanol–water partition coefficient (Wildman–Crippen LogP) is 4.50. The average molecular weight is 465 g/mol. The van der Waals surface area contributed by atoms with Crippen molar-refractivity contribution < 1.29 is 17.7 Å². The zero-order valence-corrected chi connectivity index (χ0v) is 19.2. The van der Waals surface area contributed by atoms with Crippen molar-refractivity contribution in [3.8, 4) is 34.7 Å². The molecule has 0 unspecified atom stereocenters. The minimum atomic E-state index is -3.56. The van der Waals surface area contributed by atoms with E-state index in [0.29, 0.717) is 29.1 Å². The quantitative estimate of drug-likeness (QED) is 0.547. The lowest BCUT2D eigenvalue weighted by atomic mass is 9.85. The van der Waals surface area contributed by atoms with Gasteiger partial charge in [-0.1, -0.05) is 29.9 Å². The maximum Gasteiger partial charge on any atom is 0.258 e. The maximum atomic E-state index is 12.0. The van der Waals surface area contributed by atoms with E-state index in [1.54, 1.807) is 18.2 Å². The van der Waals surface area contributed by atoms with Crippen LogP contribution < -0.4 is 9.46 Å².